The van der Waals surface area contributed by atoms with Crippen LogP contribution in [0.3, 0.4) is 0 Å². The summed E-state index contributed by atoms with van der Waals surface area (Å²) in [6.07, 6.45) is 3.56. The van der Waals surface area contributed by atoms with Gasteiger partial charge >= 0.3 is 0 Å². The van der Waals surface area contributed by atoms with Gasteiger partial charge in [-0.15, -0.1) is 0 Å². The minimum absolute atomic E-state index is 0.865. The zero-order valence-corrected chi connectivity index (χ0v) is 8.91. The minimum atomic E-state index is 0.865. The molecule has 1 aromatic rings. The SMILES string of the molecule is c1ncc(CNCCN2CCOCC2)[nH]1. The fraction of sp³-hybridized carbons (Fsp3) is 0.700. The molecule has 2 N–H and O–H groups in total. The van der Waals surface area contributed by atoms with Gasteiger partial charge in [-0.05, 0) is 0 Å². The monoisotopic (exact) mass is 210 g/mol. The standard InChI is InChI=1S/C10H18N4O/c1(2-14-3-5-15-6-4-14)11-7-10-8-12-9-13-10/h8-9,11H,1-7H2,(H,12,13). The molecule has 84 valence electrons. The Kier molecular flexibility index (Phi) is 4.13. The summed E-state index contributed by atoms with van der Waals surface area (Å²) < 4.78 is 5.29. The van der Waals surface area contributed by atoms with Crippen LogP contribution in [0.15, 0.2) is 12.5 Å². The van der Waals surface area contributed by atoms with Gasteiger partial charge in [0.15, 0.2) is 0 Å². The molecule has 0 spiro atoms. The number of nitrogens with one attached hydrogen (secondary N) is 2. The van der Waals surface area contributed by atoms with Crippen LogP contribution in [0.4, 0.5) is 0 Å². The van der Waals surface area contributed by atoms with Crippen LogP contribution in [0.25, 0.3) is 0 Å². The van der Waals surface area contributed by atoms with E-state index in [4.69, 9.17) is 4.74 Å². The molecule has 0 unspecified atom stereocenters. The maximum atomic E-state index is 5.29. The number of nitrogens with zero attached hydrogens (tertiary/aromatic N) is 2. The zero-order chi connectivity index (χ0) is 10.3. The molecular weight excluding hydrogens is 192 g/mol. The van der Waals surface area contributed by atoms with Crippen molar-refractivity contribution in [2.24, 2.45) is 0 Å². The van der Waals surface area contributed by atoms with Crippen molar-refractivity contribution >= 4 is 0 Å². The number of aromatic nitrogens is 2. The highest BCUT2D eigenvalue weighted by molar-refractivity contribution is 4.92. The molecule has 0 atom stereocenters. The molecule has 0 saturated carbocycles. The summed E-state index contributed by atoms with van der Waals surface area (Å²) in [5, 5.41) is 3.38. The molecule has 5 nitrogen and oxygen atoms in total. The lowest BCUT2D eigenvalue weighted by Crippen LogP contribution is -2.40. The molecule has 0 radical (unpaired) electrons. The minimum Gasteiger partial charge on any atom is -0.379 e. The van der Waals surface area contributed by atoms with E-state index in [2.05, 4.69) is 20.2 Å². The van der Waals surface area contributed by atoms with Crippen molar-refractivity contribution in [1.82, 2.24) is 20.2 Å². The van der Waals surface area contributed by atoms with Crippen molar-refractivity contribution in [3.05, 3.63) is 18.2 Å². The molecule has 2 heterocycles. The maximum absolute atomic E-state index is 5.29. The molecule has 1 aliphatic rings. The summed E-state index contributed by atoms with van der Waals surface area (Å²) >= 11 is 0. The van der Waals surface area contributed by atoms with Crippen molar-refractivity contribution in [2.45, 2.75) is 6.54 Å². The molecule has 0 bridgehead atoms. The van der Waals surface area contributed by atoms with Gasteiger partial charge in [0, 0.05) is 44.6 Å². The second kappa shape index (κ2) is 5.85. The van der Waals surface area contributed by atoms with Gasteiger partial charge in [0.25, 0.3) is 0 Å². The third kappa shape index (κ3) is 3.62. The van der Waals surface area contributed by atoms with Crippen molar-refractivity contribution < 1.29 is 4.74 Å². The molecule has 1 aliphatic heterocycles. The van der Waals surface area contributed by atoms with E-state index in [0.29, 0.717) is 0 Å². The van der Waals surface area contributed by atoms with Gasteiger partial charge < -0.3 is 15.0 Å². The Morgan fingerprint density at radius 3 is 3.07 bits per heavy atom. The summed E-state index contributed by atoms with van der Waals surface area (Å²) in [4.78, 5) is 9.46. The first-order valence-electron chi connectivity index (χ1n) is 5.43. The number of morpholine rings is 1. The number of imidazole rings is 1. The number of H-pyrrole nitrogens is 1. The van der Waals surface area contributed by atoms with E-state index in [0.717, 1.165) is 51.6 Å². The Bertz CT molecular complexity index is 256. The van der Waals surface area contributed by atoms with E-state index in [1.165, 1.54) is 0 Å². The fourth-order valence-electron chi connectivity index (χ4n) is 1.67. The smallest absolute Gasteiger partial charge is 0.0922 e. The van der Waals surface area contributed by atoms with E-state index in [9.17, 15) is 0 Å². The Balaban J connectivity index is 1.54. The third-order valence-electron chi connectivity index (χ3n) is 2.58. The highest BCUT2D eigenvalue weighted by atomic mass is 16.5. The molecule has 0 aromatic carbocycles. The molecule has 1 saturated heterocycles. The van der Waals surface area contributed by atoms with Gasteiger partial charge in [0.2, 0.25) is 0 Å². The number of rotatable bonds is 5. The molecule has 2 rings (SSSR count). The highest BCUT2D eigenvalue weighted by Gasteiger charge is 2.08. The Hall–Kier alpha value is -0.910. The van der Waals surface area contributed by atoms with Gasteiger partial charge in [-0.3, -0.25) is 4.90 Å². The molecule has 15 heavy (non-hydrogen) atoms. The summed E-state index contributed by atoms with van der Waals surface area (Å²) in [5.74, 6) is 0. The number of ether oxygens (including phenoxy) is 1. The van der Waals surface area contributed by atoms with E-state index in [1.807, 2.05) is 6.20 Å². The van der Waals surface area contributed by atoms with Crippen LogP contribution in [0.2, 0.25) is 0 Å². The Labute approximate surface area is 89.8 Å². The van der Waals surface area contributed by atoms with Crippen molar-refractivity contribution in [2.75, 3.05) is 39.4 Å². The molecule has 1 aromatic heterocycles. The van der Waals surface area contributed by atoms with Crippen molar-refractivity contribution in [1.29, 1.82) is 0 Å². The summed E-state index contributed by atoms with van der Waals surface area (Å²) in [7, 11) is 0. The first-order valence-corrected chi connectivity index (χ1v) is 5.43. The molecule has 5 heteroatoms. The van der Waals surface area contributed by atoms with Crippen LogP contribution in [0.5, 0.6) is 0 Å². The van der Waals surface area contributed by atoms with Crippen molar-refractivity contribution in [3.63, 3.8) is 0 Å². The van der Waals surface area contributed by atoms with Crippen LogP contribution in [0, 0.1) is 0 Å². The molecule has 1 fully saturated rings. The summed E-state index contributed by atoms with van der Waals surface area (Å²) in [6, 6.07) is 0. The predicted molar refractivity (Wildman–Crippen MR) is 57.6 cm³/mol. The third-order valence-corrected chi connectivity index (χ3v) is 2.58. The van der Waals surface area contributed by atoms with Crippen LogP contribution < -0.4 is 5.32 Å². The van der Waals surface area contributed by atoms with Gasteiger partial charge in [-0.25, -0.2) is 4.98 Å². The first-order chi connectivity index (χ1) is 7.45. The molecular formula is C10H18N4O. The molecule has 0 aliphatic carbocycles. The topological polar surface area (TPSA) is 53.2 Å². The quantitative estimate of drug-likeness (QED) is 0.663. The predicted octanol–water partition coefficient (Wildman–Crippen LogP) is -0.168. The van der Waals surface area contributed by atoms with Crippen LogP contribution in [-0.4, -0.2) is 54.3 Å². The Morgan fingerprint density at radius 1 is 1.47 bits per heavy atom. The van der Waals surface area contributed by atoms with Gasteiger partial charge in [-0.2, -0.15) is 0 Å². The van der Waals surface area contributed by atoms with Crippen LogP contribution >= 0.6 is 0 Å². The average molecular weight is 210 g/mol. The zero-order valence-electron chi connectivity index (χ0n) is 8.91. The van der Waals surface area contributed by atoms with E-state index in [1.54, 1.807) is 6.33 Å². The summed E-state index contributed by atoms with van der Waals surface area (Å²) in [6.45, 7) is 6.85. The number of hydrogen-bond donors (Lipinski definition) is 2. The highest BCUT2D eigenvalue weighted by Crippen LogP contribution is 1.95. The van der Waals surface area contributed by atoms with E-state index in [-0.39, 0.29) is 0 Å². The second-order valence-electron chi connectivity index (χ2n) is 3.71. The van der Waals surface area contributed by atoms with E-state index >= 15 is 0 Å². The van der Waals surface area contributed by atoms with Gasteiger partial charge in [0.05, 0.1) is 19.5 Å². The van der Waals surface area contributed by atoms with E-state index < -0.39 is 0 Å². The van der Waals surface area contributed by atoms with Gasteiger partial charge in [0.1, 0.15) is 0 Å². The number of aromatic amines is 1. The lowest BCUT2D eigenvalue weighted by molar-refractivity contribution is 0.0384. The average Bonchev–Trinajstić information content (AvgIpc) is 2.79. The second-order valence-corrected chi connectivity index (χ2v) is 3.71. The fourth-order valence-corrected chi connectivity index (χ4v) is 1.67. The van der Waals surface area contributed by atoms with Crippen molar-refractivity contribution in [3.8, 4) is 0 Å². The summed E-state index contributed by atoms with van der Waals surface area (Å²) in [5.41, 5.74) is 1.14. The van der Waals surface area contributed by atoms with Gasteiger partial charge in [-0.1, -0.05) is 0 Å². The Morgan fingerprint density at radius 2 is 2.33 bits per heavy atom. The lowest BCUT2D eigenvalue weighted by Gasteiger charge is -2.26. The first kappa shape index (κ1) is 10.6. The maximum Gasteiger partial charge on any atom is 0.0922 e. The largest absolute Gasteiger partial charge is 0.379 e. The lowest BCUT2D eigenvalue weighted by atomic mass is 10.4. The number of hydrogen-bond acceptors (Lipinski definition) is 4. The van der Waals surface area contributed by atoms with Crippen LogP contribution in [0.1, 0.15) is 5.69 Å². The normalized spacial score (nSPS) is 18.1. The van der Waals surface area contributed by atoms with Crippen LogP contribution in [-0.2, 0) is 11.3 Å². The molecule has 0 amide bonds.